The van der Waals surface area contributed by atoms with E-state index in [1.54, 1.807) is 13.8 Å². The molecular weight excluding hydrogens is 250 g/mol. The lowest BCUT2D eigenvalue weighted by Gasteiger charge is -2.33. The molecule has 0 saturated heterocycles. The van der Waals surface area contributed by atoms with Gasteiger partial charge >= 0.3 is 12.4 Å². The van der Waals surface area contributed by atoms with E-state index in [0.717, 1.165) is 6.92 Å². The molecule has 0 amide bonds. The van der Waals surface area contributed by atoms with Crippen molar-refractivity contribution in [3.63, 3.8) is 0 Å². The van der Waals surface area contributed by atoms with Crippen molar-refractivity contribution in [3.05, 3.63) is 0 Å². The van der Waals surface area contributed by atoms with E-state index in [-0.39, 0.29) is 11.8 Å². The summed E-state index contributed by atoms with van der Waals surface area (Å²) >= 11 is 0. The molecular formula is C9H14F6N2. The molecule has 0 radical (unpaired) electrons. The van der Waals surface area contributed by atoms with Gasteiger partial charge in [0.15, 0.2) is 0 Å². The minimum absolute atomic E-state index is 0.280. The van der Waals surface area contributed by atoms with Crippen molar-refractivity contribution in [3.8, 4) is 0 Å². The zero-order chi connectivity index (χ0) is 14.1. The smallest absolute Gasteiger partial charge is 0.310 e. The fraction of sp³-hybridized carbons (Fsp3) is 0.889. The van der Waals surface area contributed by atoms with Gasteiger partial charge in [-0.2, -0.15) is 26.3 Å². The highest BCUT2D eigenvalue weighted by molar-refractivity contribution is 5.83. The molecule has 102 valence electrons. The van der Waals surface area contributed by atoms with Crippen molar-refractivity contribution in [2.75, 3.05) is 0 Å². The van der Waals surface area contributed by atoms with Crippen molar-refractivity contribution in [2.24, 2.45) is 10.7 Å². The first-order valence-electron chi connectivity index (χ1n) is 4.77. The summed E-state index contributed by atoms with van der Waals surface area (Å²) in [6.07, 6.45) is -12.5. The summed E-state index contributed by atoms with van der Waals surface area (Å²) in [5, 5.41) is 0. The molecule has 0 unspecified atom stereocenters. The Morgan fingerprint density at radius 3 is 1.65 bits per heavy atom. The Hall–Kier alpha value is -0.790. The first kappa shape index (κ1) is 16.2. The van der Waals surface area contributed by atoms with Crippen LogP contribution in [0.5, 0.6) is 0 Å². The molecule has 0 aliphatic heterocycles. The predicted molar refractivity (Wildman–Crippen MR) is 51.9 cm³/mol. The molecule has 17 heavy (non-hydrogen) atoms. The van der Waals surface area contributed by atoms with Gasteiger partial charge < -0.3 is 5.73 Å². The normalized spacial score (nSPS) is 15.6. The molecule has 0 aromatic carbocycles. The Morgan fingerprint density at radius 1 is 1.06 bits per heavy atom. The van der Waals surface area contributed by atoms with Crippen molar-refractivity contribution in [1.29, 1.82) is 0 Å². The Bertz CT molecular complexity index is 275. The van der Waals surface area contributed by atoms with Crippen LogP contribution in [0.2, 0.25) is 0 Å². The molecule has 0 saturated carbocycles. The quantitative estimate of drug-likeness (QED) is 0.617. The minimum Gasteiger partial charge on any atom is -0.310 e. The third-order valence-corrected chi connectivity index (χ3v) is 2.02. The van der Waals surface area contributed by atoms with Gasteiger partial charge in [0.2, 0.25) is 5.54 Å². The van der Waals surface area contributed by atoms with Crippen molar-refractivity contribution in [2.45, 2.75) is 51.1 Å². The van der Waals surface area contributed by atoms with Gasteiger partial charge in [0.05, 0.1) is 0 Å². The van der Waals surface area contributed by atoms with Crippen LogP contribution in [0.1, 0.15) is 27.2 Å². The fourth-order valence-corrected chi connectivity index (χ4v) is 1.25. The number of alkyl halides is 6. The van der Waals surface area contributed by atoms with Crippen LogP contribution in [0.15, 0.2) is 4.99 Å². The van der Waals surface area contributed by atoms with Gasteiger partial charge in [0.25, 0.3) is 0 Å². The summed E-state index contributed by atoms with van der Waals surface area (Å²) < 4.78 is 74.4. The van der Waals surface area contributed by atoms with Crippen LogP contribution in [0, 0.1) is 0 Å². The average Bonchev–Trinajstić information content (AvgIpc) is 1.97. The number of nitrogens with two attached hydrogens (primary N) is 1. The lowest BCUT2D eigenvalue weighted by atomic mass is 9.92. The lowest BCUT2D eigenvalue weighted by Crippen LogP contribution is -2.64. The van der Waals surface area contributed by atoms with Gasteiger partial charge in [-0.3, -0.25) is 4.99 Å². The van der Waals surface area contributed by atoms with Gasteiger partial charge in [-0.1, -0.05) is 0 Å². The topological polar surface area (TPSA) is 38.4 Å². The van der Waals surface area contributed by atoms with E-state index < -0.39 is 24.3 Å². The molecule has 0 heterocycles. The summed E-state index contributed by atoms with van der Waals surface area (Å²) in [5.41, 5.74) is -0.0300. The Balaban J connectivity index is 5.27. The van der Waals surface area contributed by atoms with Gasteiger partial charge in [0.1, 0.15) is 0 Å². The third-order valence-electron chi connectivity index (χ3n) is 2.02. The summed E-state index contributed by atoms with van der Waals surface area (Å²) in [6, 6.07) is -0.388. The molecule has 0 spiro atoms. The molecule has 2 nitrogen and oxygen atoms in total. The SMILES string of the molecule is CC(CC(N)(C(F)(F)F)C(F)(F)F)=NC(C)C. The van der Waals surface area contributed by atoms with Crippen LogP contribution in [0.25, 0.3) is 0 Å². The van der Waals surface area contributed by atoms with Crippen molar-refractivity contribution >= 4 is 5.71 Å². The molecule has 0 aromatic heterocycles. The zero-order valence-corrected chi connectivity index (χ0v) is 9.58. The van der Waals surface area contributed by atoms with E-state index in [1.807, 2.05) is 0 Å². The molecule has 8 heteroatoms. The molecule has 0 bridgehead atoms. The van der Waals surface area contributed by atoms with E-state index in [4.69, 9.17) is 0 Å². The monoisotopic (exact) mass is 264 g/mol. The highest BCUT2D eigenvalue weighted by Gasteiger charge is 2.68. The summed E-state index contributed by atoms with van der Waals surface area (Å²) in [4.78, 5) is 3.63. The average molecular weight is 264 g/mol. The van der Waals surface area contributed by atoms with Gasteiger partial charge in [-0.25, -0.2) is 0 Å². The van der Waals surface area contributed by atoms with Crippen molar-refractivity contribution in [1.82, 2.24) is 0 Å². The highest BCUT2D eigenvalue weighted by Crippen LogP contribution is 2.43. The maximum absolute atomic E-state index is 12.4. The minimum atomic E-state index is -5.57. The van der Waals surface area contributed by atoms with E-state index in [9.17, 15) is 26.3 Å². The second kappa shape index (κ2) is 4.83. The summed E-state index contributed by atoms with van der Waals surface area (Å²) in [5.74, 6) is 0. The maximum Gasteiger partial charge on any atom is 0.415 e. The van der Waals surface area contributed by atoms with Crippen LogP contribution in [0.3, 0.4) is 0 Å². The summed E-state index contributed by atoms with van der Waals surface area (Å²) in [6.45, 7) is 4.19. The van der Waals surface area contributed by atoms with E-state index >= 15 is 0 Å². The van der Waals surface area contributed by atoms with E-state index in [0.29, 0.717) is 0 Å². The number of nitrogens with zero attached hydrogens (tertiary/aromatic N) is 1. The van der Waals surface area contributed by atoms with Crippen molar-refractivity contribution < 1.29 is 26.3 Å². The highest BCUT2D eigenvalue weighted by atomic mass is 19.4. The Labute approximate surface area is 94.9 Å². The van der Waals surface area contributed by atoms with Crippen LogP contribution < -0.4 is 5.73 Å². The third kappa shape index (κ3) is 3.86. The van der Waals surface area contributed by atoms with Crippen LogP contribution in [-0.2, 0) is 0 Å². The first-order valence-corrected chi connectivity index (χ1v) is 4.77. The van der Waals surface area contributed by atoms with Gasteiger partial charge in [0, 0.05) is 18.2 Å². The number of rotatable bonds is 3. The van der Waals surface area contributed by atoms with E-state index in [2.05, 4.69) is 10.7 Å². The standard InChI is InChI=1S/C9H14F6N2/c1-5(2)17-6(3)4-7(16,8(10,11)12)9(13,14)15/h5H,4,16H2,1-3H3. The van der Waals surface area contributed by atoms with Gasteiger partial charge in [-0.05, 0) is 20.8 Å². The molecule has 0 aliphatic carbocycles. The summed E-state index contributed by atoms with van der Waals surface area (Å²) in [7, 11) is 0. The number of aliphatic imine (C=N–C) groups is 1. The van der Waals surface area contributed by atoms with Crippen LogP contribution >= 0.6 is 0 Å². The molecule has 0 aromatic rings. The second-order valence-electron chi connectivity index (χ2n) is 4.10. The Kier molecular flexibility index (Phi) is 4.61. The largest absolute Gasteiger partial charge is 0.415 e. The van der Waals surface area contributed by atoms with Crippen LogP contribution in [0.4, 0.5) is 26.3 Å². The Morgan fingerprint density at radius 2 is 1.41 bits per heavy atom. The molecule has 0 rings (SSSR count). The fourth-order valence-electron chi connectivity index (χ4n) is 1.25. The zero-order valence-electron chi connectivity index (χ0n) is 9.58. The number of hydrogen-bond acceptors (Lipinski definition) is 2. The first-order chi connectivity index (χ1) is 7.31. The maximum atomic E-state index is 12.4. The lowest BCUT2D eigenvalue weighted by molar-refractivity contribution is -0.293. The molecule has 0 aliphatic rings. The second-order valence-corrected chi connectivity index (χ2v) is 4.10. The predicted octanol–water partition coefficient (Wildman–Crippen LogP) is 3.07. The number of halogens is 6. The molecule has 2 N–H and O–H groups in total. The van der Waals surface area contributed by atoms with E-state index in [1.165, 1.54) is 0 Å². The van der Waals surface area contributed by atoms with Crippen LogP contribution in [-0.4, -0.2) is 29.6 Å². The molecule has 0 atom stereocenters. The van der Waals surface area contributed by atoms with Gasteiger partial charge in [-0.15, -0.1) is 0 Å². The number of hydrogen-bond donors (Lipinski definition) is 1. The molecule has 0 fully saturated rings.